The minimum Gasteiger partial charge on any atom is -0.497 e. The average Bonchev–Trinajstić information content (AvgIpc) is 2.53. The van der Waals surface area contributed by atoms with Crippen molar-refractivity contribution < 1.29 is 14.3 Å². The predicted molar refractivity (Wildman–Crippen MR) is 82.5 cm³/mol. The van der Waals surface area contributed by atoms with Gasteiger partial charge in [-0.2, -0.15) is 0 Å². The molecule has 1 fully saturated rings. The van der Waals surface area contributed by atoms with Crippen molar-refractivity contribution in [1.29, 1.82) is 0 Å². The molecule has 114 valence electrons. The van der Waals surface area contributed by atoms with Crippen LogP contribution in [0.1, 0.15) is 10.4 Å². The van der Waals surface area contributed by atoms with Gasteiger partial charge in [-0.05, 0) is 34.1 Å². The van der Waals surface area contributed by atoms with Gasteiger partial charge in [0.15, 0.2) is 0 Å². The van der Waals surface area contributed by atoms with Crippen LogP contribution < -0.4 is 15.4 Å². The molecule has 0 spiro atoms. The minimum atomic E-state index is -0.302. The topological polar surface area (TPSA) is 70.7 Å². The number of benzene rings is 1. The van der Waals surface area contributed by atoms with Crippen LogP contribution in [0.5, 0.6) is 5.75 Å². The zero-order valence-corrected chi connectivity index (χ0v) is 13.4. The summed E-state index contributed by atoms with van der Waals surface area (Å²) in [7, 11) is 1.54. The maximum absolute atomic E-state index is 12.1. The second kappa shape index (κ2) is 7.42. The molecular formula is C14H18BrN3O3. The van der Waals surface area contributed by atoms with E-state index < -0.39 is 0 Å². The predicted octanol–water partition coefficient (Wildman–Crippen LogP) is 0.619. The van der Waals surface area contributed by atoms with Crippen LogP contribution in [-0.2, 0) is 4.79 Å². The van der Waals surface area contributed by atoms with Gasteiger partial charge in [0.2, 0.25) is 5.91 Å². The maximum Gasteiger partial charge on any atom is 0.252 e. The van der Waals surface area contributed by atoms with E-state index in [4.69, 9.17) is 4.74 Å². The zero-order chi connectivity index (χ0) is 15.2. The van der Waals surface area contributed by atoms with Gasteiger partial charge in [0, 0.05) is 30.7 Å². The van der Waals surface area contributed by atoms with Crippen LogP contribution in [0.4, 0.5) is 0 Å². The molecule has 1 heterocycles. The lowest BCUT2D eigenvalue weighted by Crippen LogP contribution is -2.49. The Balaban J connectivity index is 1.93. The molecular weight excluding hydrogens is 338 g/mol. The number of carbonyl (C=O) groups is 2. The second-order valence-electron chi connectivity index (χ2n) is 4.66. The Morgan fingerprint density at radius 1 is 1.38 bits per heavy atom. The van der Waals surface area contributed by atoms with E-state index >= 15 is 0 Å². The van der Waals surface area contributed by atoms with Crippen LogP contribution in [0.15, 0.2) is 22.7 Å². The lowest BCUT2D eigenvalue weighted by Gasteiger charge is -2.27. The summed E-state index contributed by atoms with van der Waals surface area (Å²) in [5.41, 5.74) is 0.447. The molecule has 1 aromatic carbocycles. The van der Waals surface area contributed by atoms with E-state index in [1.807, 2.05) is 0 Å². The van der Waals surface area contributed by atoms with Crippen molar-refractivity contribution in [3.05, 3.63) is 28.2 Å². The monoisotopic (exact) mass is 355 g/mol. The molecule has 2 rings (SSSR count). The lowest BCUT2D eigenvalue weighted by atomic mass is 10.2. The van der Waals surface area contributed by atoms with Crippen LogP contribution in [0.2, 0.25) is 0 Å². The molecule has 0 bridgehead atoms. The summed E-state index contributed by atoms with van der Waals surface area (Å²) in [6.07, 6.45) is 0. The van der Waals surface area contributed by atoms with Crippen molar-refractivity contribution >= 4 is 27.7 Å². The Morgan fingerprint density at radius 3 is 2.76 bits per heavy atom. The third kappa shape index (κ3) is 4.18. The number of rotatable bonds is 4. The molecule has 1 saturated heterocycles. The highest BCUT2D eigenvalue weighted by Crippen LogP contribution is 2.22. The summed E-state index contributed by atoms with van der Waals surface area (Å²) in [6.45, 7) is 2.94. The van der Waals surface area contributed by atoms with Gasteiger partial charge < -0.3 is 20.3 Å². The quantitative estimate of drug-likeness (QED) is 0.830. The standard InChI is InChI=1S/C14H18BrN3O3/c1-21-10-2-3-12(15)11(8-10)14(20)17-9-13(19)18-6-4-16-5-7-18/h2-3,8,16H,4-7,9H2,1H3,(H,17,20). The Bertz CT molecular complexity index is 530. The van der Waals surface area contributed by atoms with E-state index in [1.165, 1.54) is 0 Å². The SMILES string of the molecule is COc1ccc(Br)c(C(=O)NCC(=O)N2CCNCC2)c1. The van der Waals surface area contributed by atoms with Crippen LogP contribution in [0.3, 0.4) is 0 Å². The first-order valence-corrected chi connectivity index (χ1v) is 7.51. The highest BCUT2D eigenvalue weighted by molar-refractivity contribution is 9.10. The number of methoxy groups -OCH3 is 1. The van der Waals surface area contributed by atoms with E-state index in [-0.39, 0.29) is 18.4 Å². The second-order valence-corrected chi connectivity index (χ2v) is 5.51. The third-order valence-electron chi connectivity index (χ3n) is 3.29. The summed E-state index contributed by atoms with van der Waals surface area (Å²) < 4.78 is 5.76. The number of amides is 2. The maximum atomic E-state index is 12.1. The smallest absolute Gasteiger partial charge is 0.252 e. The molecule has 0 unspecified atom stereocenters. The average molecular weight is 356 g/mol. The summed E-state index contributed by atoms with van der Waals surface area (Å²) in [4.78, 5) is 25.9. The van der Waals surface area contributed by atoms with E-state index in [2.05, 4.69) is 26.6 Å². The molecule has 7 heteroatoms. The number of hydrogen-bond acceptors (Lipinski definition) is 4. The van der Waals surface area contributed by atoms with Gasteiger partial charge in [-0.25, -0.2) is 0 Å². The number of nitrogens with zero attached hydrogens (tertiary/aromatic N) is 1. The van der Waals surface area contributed by atoms with Crippen molar-refractivity contribution in [2.45, 2.75) is 0 Å². The van der Waals surface area contributed by atoms with Gasteiger partial charge in [0.05, 0.1) is 19.2 Å². The molecule has 0 aliphatic carbocycles. The van der Waals surface area contributed by atoms with Gasteiger partial charge in [0.25, 0.3) is 5.91 Å². The number of halogens is 1. The summed E-state index contributed by atoms with van der Waals surface area (Å²) >= 11 is 3.32. The molecule has 1 aliphatic rings. The number of piperazine rings is 1. The summed E-state index contributed by atoms with van der Waals surface area (Å²) in [5, 5.41) is 5.83. The summed E-state index contributed by atoms with van der Waals surface area (Å²) in [6, 6.07) is 5.13. The molecule has 0 atom stereocenters. The lowest BCUT2D eigenvalue weighted by molar-refractivity contribution is -0.130. The largest absolute Gasteiger partial charge is 0.497 e. The van der Waals surface area contributed by atoms with Crippen molar-refractivity contribution in [3.63, 3.8) is 0 Å². The van der Waals surface area contributed by atoms with Crippen molar-refractivity contribution in [1.82, 2.24) is 15.5 Å². The molecule has 6 nitrogen and oxygen atoms in total. The van der Waals surface area contributed by atoms with Crippen molar-refractivity contribution in [3.8, 4) is 5.75 Å². The van der Waals surface area contributed by atoms with Gasteiger partial charge in [-0.1, -0.05) is 0 Å². The fourth-order valence-electron chi connectivity index (χ4n) is 2.08. The zero-order valence-electron chi connectivity index (χ0n) is 11.8. The molecule has 0 saturated carbocycles. The van der Waals surface area contributed by atoms with E-state index in [0.29, 0.717) is 28.9 Å². The molecule has 0 aromatic heterocycles. The number of carbonyl (C=O) groups excluding carboxylic acids is 2. The highest BCUT2D eigenvalue weighted by Gasteiger charge is 2.18. The Kier molecular flexibility index (Phi) is 5.58. The molecule has 2 N–H and O–H groups in total. The minimum absolute atomic E-state index is 0.00246. The Morgan fingerprint density at radius 2 is 2.10 bits per heavy atom. The summed E-state index contributed by atoms with van der Waals surface area (Å²) in [5.74, 6) is 0.227. The van der Waals surface area contributed by atoms with Crippen LogP contribution in [-0.4, -0.2) is 56.5 Å². The van der Waals surface area contributed by atoms with Gasteiger partial charge in [-0.15, -0.1) is 0 Å². The van der Waals surface area contributed by atoms with Gasteiger partial charge >= 0.3 is 0 Å². The number of hydrogen-bond donors (Lipinski definition) is 2. The van der Waals surface area contributed by atoms with Crippen molar-refractivity contribution in [2.24, 2.45) is 0 Å². The molecule has 1 aliphatic heterocycles. The normalized spacial score (nSPS) is 14.7. The van der Waals surface area contributed by atoms with Crippen LogP contribution in [0, 0.1) is 0 Å². The number of ether oxygens (including phenoxy) is 1. The molecule has 2 amide bonds. The van der Waals surface area contributed by atoms with Crippen LogP contribution in [0.25, 0.3) is 0 Å². The third-order valence-corrected chi connectivity index (χ3v) is 3.98. The molecule has 1 aromatic rings. The van der Waals surface area contributed by atoms with Gasteiger partial charge in [0.1, 0.15) is 5.75 Å². The van der Waals surface area contributed by atoms with E-state index in [0.717, 1.165) is 13.1 Å². The first kappa shape index (κ1) is 15.8. The fourth-order valence-corrected chi connectivity index (χ4v) is 2.51. The van der Waals surface area contributed by atoms with Gasteiger partial charge in [-0.3, -0.25) is 9.59 Å². The Hall–Kier alpha value is -1.60. The Labute approximate surface area is 132 Å². The highest BCUT2D eigenvalue weighted by atomic mass is 79.9. The first-order valence-electron chi connectivity index (χ1n) is 6.72. The molecule has 0 radical (unpaired) electrons. The molecule has 21 heavy (non-hydrogen) atoms. The van der Waals surface area contributed by atoms with E-state index in [9.17, 15) is 9.59 Å². The first-order chi connectivity index (χ1) is 10.1. The van der Waals surface area contributed by atoms with E-state index in [1.54, 1.807) is 30.2 Å². The fraction of sp³-hybridized carbons (Fsp3) is 0.429. The van der Waals surface area contributed by atoms with Crippen molar-refractivity contribution in [2.75, 3.05) is 39.8 Å². The van der Waals surface area contributed by atoms with Crippen LogP contribution >= 0.6 is 15.9 Å². The number of nitrogens with one attached hydrogen (secondary N) is 2.